The minimum atomic E-state index is -1.04. The Hall–Kier alpha value is -2.22. The number of carboxylic acid groups (broad SMARTS) is 1. The summed E-state index contributed by atoms with van der Waals surface area (Å²) in [6.45, 7) is 6.83. The molecule has 1 fully saturated rings. The van der Waals surface area contributed by atoms with Crippen molar-refractivity contribution in [2.24, 2.45) is 0 Å². The van der Waals surface area contributed by atoms with Gasteiger partial charge in [0.2, 0.25) is 0 Å². The maximum absolute atomic E-state index is 12.1. The van der Waals surface area contributed by atoms with E-state index in [2.05, 4.69) is 9.97 Å². The summed E-state index contributed by atoms with van der Waals surface area (Å²) >= 11 is 1.43. The van der Waals surface area contributed by atoms with Gasteiger partial charge < -0.3 is 14.7 Å². The van der Waals surface area contributed by atoms with Crippen LogP contribution < -0.4 is 0 Å². The lowest BCUT2D eigenvalue weighted by atomic mass is 9.98. The van der Waals surface area contributed by atoms with E-state index in [-0.39, 0.29) is 17.7 Å². The molecule has 134 valence electrons. The van der Waals surface area contributed by atoms with Crippen LogP contribution in [0.4, 0.5) is 4.79 Å². The Morgan fingerprint density at radius 2 is 1.92 bits per heavy atom. The summed E-state index contributed by atoms with van der Waals surface area (Å²) in [7, 11) is 0. The van der Waals surface area contributed by atoms with Crippen molar-refractivity contribution < 1.29 is 19.4 Å². The van der Waals surface area contributed by atoms with E-state index in [0.717, 1.165) is 23.4 Å². The van der Waals surface area contributed by atoms with Crippen LogP contribution in [0.2, 0.25) is 0 Å². The van der Waals surface area contributed by atoms with Crippen molar-refractivity contribution in [3.63, 3.8) is 0 Å². The van der Waals surface area contributed by atoms with Crippen LogP contribution in [0.15, 0.2) is 12.1 Å². The Labute approximate surface area is 149 Å². The second-order valence-corrected chi connectivity index (χ2v) is 8.13. The Kier molecular flexibility index (Phi) is 4.64. The first-order valence-electron chi connectivity index (χ1n) is 8.21. The van der Waals surface area contributed by atoms with Crippen LogP contribution in [-0.2, 0) is 4.74 Å². The highest BCUT2D eigenvalue weighted by Crippen LogP contribution is 2.33. The first-order chi connectivity index (χ1) is 11.7. The van der Waals surface area contributed by atoms with Gasteiger partial charge in [0.15, 0.2) is 0 Å². The number of carbonyl (C=O) groups is 2. The standard InChI is InChI=1S/C17H21N3O4S/c1-17(2,3)24-16(23)20-8-6-10(7-9-20)13-18-11-4-5-12(15(21)22)19-14(11)25-13/h4-5,10H,6-9H2,1-3H3,(H,21,22). The second kappa shape index (κ2) is 6.59. The van der Waals surface area contributed by atoms with Crippen LogP contribution in [0, 0.1) is 0 Å². The first kappa shape index (κ1) is 17.6. The monoisotopic (exact) mass is 363 g/mol. The highest BCUT2D eigenvalue weighted by atomic mass is 32.1. The minimum absolute atomic E-state index is 0.0300. The number of piperidine rings is 1. The molecule has 3 rings (SSSR count). The van der Waals surface area contributed by atoms with Crippen molar-refractivity contribution in [2.75, 3.05) is 13.1 Å². The maximum atomic E-state index is 12.1. The molecule has 0 saturated carbocycles. The zero-order valence-electron chi connectivity index (χ0n) is 14.5. The number of nitrogens with zero attached hydrogens (tertiary/aromatic N) is 3. The third kappa shape index (κ3) is 4.07. The van der Waals surface area contributed by atoms with Gasteiger partial charge in [0.05, 0.1) is 5.01 Å². The van der Waals surface area contributed by atoms with Crippen LogP contribution in [0.1, 0.15) is 55.0 Å². The van der Waals surface area contributed by atoms with Crippen LogP contribution in [-0.4, -0.2) is 50.7 Å². The molecule has 1 amide bonds. The number of aromatic nitrogens is 2. The summed E-state index contributed by atoms with van der Waals surface area (Å²) in [5, 5.41) is 9.99. The first-order valence-corrected chi connectivity index (χ1v) is 9.03. The van der Waals surface area contributed by atoms with E-state index in [0.29, 0.717) is 17.9 Å². The van der Waals surface area contributed by atoms with Gasteiger partial charge in [-0.15, -0.1) is 0 Å². The molecule has 0 radical (unpaired) electrons. The van der Waals surface area contributed by atoms with Crippen LogP contribution >= 0.6 is 11.3 Å². The smallest absolute Gasteiger partial charge is 0.410 e. The molecular formula is C17H21N3O4S. The number of likely N-dealkylation sites (tertiary alicyclic amines) is 1. The third-order valence-corrected chi connectivity index (χ3v) is 5.11. The average Bonchev–Trinajstić information content (AvgIpc) is 2.96. The minimum Gasteiger partial charge on any atom is -0.477 e. The van der Waals surface area contributed by atoms with Crippen molar-refractivity contribution in [1.82, 2.24) is 14.9 Å². The highest BCUT2D eigenvalue weighted by Gasteiger charge is 2.29. The van der Waals surface area contributed by atoms with Gasteiger partial charge in [-0.05, 0) is 45.7 Å². The molecule has 0 spiro atoms. The molecule has 0 unspecified atom stereocenters. The molecule has 7 nitrogen and oxygen atoms in total. The van der Waals surface area contributed by atoms with E-state index < -0.39 is 11.6 Å². The number of rotatable bonds is 2. The number of hydrogen-bond acceptors (Lipinski definition) is 6. The summed E-state index contributed by atoms with van der Waals surface area (Å²) in [6, 6.07) is 3.17. The largest absolute Gasteiger partial charge is 0.477 e. The number of hydrogen-bond donors (Lipinski definition) is 1. The van der Waals surface area contributed by atoms with Crippen molar-refractivity contribution in [3.05, 3.63) is 22.8 Å². The van der Waals surface area contributed by atoms with Gasteiger partial charge in [-0.25, -0.2) is 19.6 Å². The summed E-state index contributed by atoms with van der Waals surface area (Å²) in [6.07, 6.45) is 1.35. The molecule has 8 heteroatoms. The zero-order valence-corrected chi connectivity index (χ0v) is 15.3. The second-order valence-electron chi connectivity index (χ2n) is 7.12. The molecule has 1 aliphatic rings. The summed E-state index contributed by atoms with van der Waals surface area (Å²) in [5.74, 6) is -0.784. The lowest BCUT2D eigenvalue weighted by Gasteiger charge is -2.32. The molecular weight excluding hydrogens is 342 g/mol. The Morgan fingerprint density at radius 3 is 2.52 bits per heavy atom. The van der Waals surface area contributed by atoms with Gasteiger partial charge in [0.25, 0.3) is 0 Å². The third-order valence-electron chi connectivity index (χ3n) is 3.99. The number of thiazole rings is 1. The van der Waals surface area contributed by atoms with Gasteiger partial charge in [0, 0.05) is 19.0 Å². The lowest BCUT2D eigenvalue weighted by Crippen LogP contribution is -2.41. The predicted octanol–water partition coefficient (Wildman–Crippen LogP) is 3.50. The van der Waals surface area contributed by atoms with Gasteiger partial charge in [-0.1, -0.05) is 11.3 Å². The van der Waals surface area contributed by atoms with Crippen molar-refractivity contribution in [2.45, 2.75) is 45.1 Å². The fraction of sp³-hybridized carbons (Fsp3) is 0.529. The lowest BCUT2D eigenvalue weighted by molar-refractivity contribution is 0.0204. The molecule has 0 aliphatic carbocycles. The SMILES string of the molecule is CC(C)(C)OC(=O)N1CCC(c2nc3ccc(C(=O)O)nc3s2)CC1. The maximum Gasteiger partial charge on any atom is 0.410 e. The molecule has 25 heavy (non-hydrogen) atoms. The highest BCUT2D eigenvalue weighted by molar-refractivity contribution is 7.18. The molecule has 1 N–H and O–H groups in total. The number of aromatic carboxylic acids is 1. The molecule has 3 heterocycles. The van der Waals surface area contributed by atoms with E-state index in [1.165, 1.54) is 17.4 Å². The number of ether oxygens (including phenoxy) is 1. The van der Waals surface area contributed by atoms with E-state index in [1.807, 2.05) is 20.8 Å². The van der Waals surface area contributed by atoms with Crippen molar-refractivity contribution in [3.8, 4) is 0 Å². The van der Waals surface area contributed by atoms with Crippen molar-refractivity contribution >= 4 is 33.7 Å². The summed E-state index contributed by atoms with van der Waals surface area (Å²) < 4.78 is 5.41. The molecule has 1 saturated heterocycles. The molecule has 0 atom stereocenters. The average molecular weight is 363 g/mol. The molecule has 2 aromatic rings. The molecule has 1 aliphatic heterocycles. The summed E-state index contributed by atoms with van der Waals surface area (Å²) in [5.41, 5.74) is 0.260. The van der Waals surface area contributed by atoms with Crippen LogP contribution in [0.25, 0.3) is 10.3 Å². The quantitative estimate of drug-likeness (QED) is 0.878. The summed E-state index contributed by atoms with van der Waals surface area (Å²) in [4.78, 5) is 34.3. The van der Waals surface area contributed by atoms with Gasteiger partial charge >= 0.3 is 12.1 Å². The van der Waals surface area contributed by atoms with Crippen LogP contribution in [0.5, 0.6) is 0 Å². The number of carbonyl (C=O) groups excluding carboxylic acids is 1. The number of pyridine rings is 1. The fourth-order valence-corrected chi connectivity index (χ4v) is 3.87. The van der Waals surface area contributed by atoms with Gasteiger partial charge in [0.1, 0.15) is 21.6 Å². The van der Waals surface area contributed by atoms with Gasteiger partial charge in [-0.3, -0.25) is 0 Å². The Bertz CT molecular complexity index is 804. The Balaban J connectivity index is 1.67. The number of carboxylic acids is 1. The van der Waals surface area contributed by atoms with E-state index in [4.69, 9.17) is 9.84 Å². The molecule has 2 aromatic heterocycles. The Morgan fingerprint density at radius 1 is 1.24 bits per heavy atom. The van der Waals surface area contributed by atoms with Crippen molar-refractivity contribution in [1.29, 1.82) is 0 Å². The molecule has 0 aromatic carbocycles. The normalized spacial score (nSPS) is 16.2. The number of amides is 1. The van der Waals surface area contributed by atoms with E-state index in [1.54, 1.807) is 11.0 Å². The molecule has 0 bridgehead atoms. The topological polar surface area (TPSA) is 92.6 Å². The van der Waals surface area contributed by atoms with E-state index >= 15 is 0 Å². The predicted molar refractivity (Wildman–Crippen MR) is 94.2 cm³/mol. The fourth-order valence-electron chi connectivity index (χ4n) is 2.76. The van der Waals surface area contributed by atoms with Gasteiger partial charge in [-0.2, -0.15) is 0 Å². The van der Waals surface area contributed by atoms with Crippen LogP contribution in [0.3, 0.4) is 0 Å². The van der Waals surface area contributed by atoms with E-state index in [9.17, 15) is 9.59 Å². The number of fused-ring (bicyclic) bond motifs is 1. The zero-order chi connectivity index (χ0) is 18.2.